The molecule has 0 radical (unpaired) electrons. The fraction of sp³-hybridized carbons (Fsp3) is 0.350. The van der Waals surface area contributed by atoms with Gasteiger partial charge in [0.2, 0.25) is 5.91 Å². The number of aromatic nitrogens is 1. The maximum atomic E-state index is 13.3. The molecule has 1 saturated heterocycles. The Morgan fingerprint density at radius 1 is 1.30 bits per heavy atom. The quantitative estimate of drug-likeness (QED) is 0.876. The van der Waals surface area contributed by atoms with Crippen molar-refractivity contribution in [3.63, 3.8) is 0 Å². The molecule has 2 N–H and O–H groups in total. The molecule has 2 heterocycles. The lowest BCUT2D eigenvalue weighted by Gasteiger charge is -2.36. The molecule has 142 valence electrons. The Bertz CT molecular complexity index is 800. The highest BCUT2D eigenvalue weighted by atomic mass is 19.1. The van der Waals surface area contributed by atoms with Crippen molar-refractivity contribution in [1.82, 2.24) is 9.88 Å². The van der Waals surface area contributed by atoms with Crippen molar-refractivity contribution in [2.45, 2.75) is 19.3 Å². The van der Waals surface area contributed by atoms with Crippen LogP contribution in [0.5, 0.6) is 5.75 Å². The van der Waals surface area contributed by atoms with E-state index in [2.05, 4.69) is 4.98 Å². The molecule has 1 aliphatic heterocycles. The van der Waals surface area contributed by atoms with Gasteiger partial charge in [0.05, 0.1) is 12.1 Å². The summed E-state index contributed by atoms with van der Waals surface area (Å²) < 4.78 is 18.6. The number of nitrogens with two attached hydrogens (primary N) is 1. The second-order valence-electron chi connectivity index (χ2n) is 6.73. The van der Waals surface area contributed by atoms with Gasteiger partial charge >= 0.3 is 6.09 Å². The summed E-state index contributed by atoms with van der Waals surface area (Å²) in [5.74, 6) is -0.752. The smallest absolute Gasteiger partial charge is 0.409 e. The molecule has 0 aliphatic carbocycles. The molecule has 1 fully saturated rings. The first-order valence-corrected chi connectivity index (χ1v) is 8.93. The second kappa shape index (κ2) is 8.62. The number of aryl methyl sites for hydroxylation is 1. The molecule has 3 rings (SSSR count). The number of ether oxygens (including phenoxy) is 1. The van der Waals surface area contributed by atoms with Crippen molar-refractivity contribution in [3.05, 3.63) is 60.2 Å². The van der Waals surface area contributed by atoms with Crippen LogP contribution >= 0.6 is 0 Å². The standard InChI is InChI=1S/C20H22FN3O3/c21-16-4-1-3-14(11-16)6-7-15-8-10-24(13-18(15)19(22)25)20(26)27-17-5-2-9-23-12-17/h1-5,9,11-12,15,18H,6-8,10,13H2,(H2,22,25). The summed E-state index contributed by atoms with van der Waals surface area (Å²) in [4.78, 5) is 29.7. The van der Waals surface area contributed by atoms with Gasteiger partial charge in [0.1, 0.15) is 5.82 Å². The van der Waals surface area contributed by atoms with Crippen molar-refractivity contribution in [2.75, 3.05) is 13.1 Å². The Labute approximate surface area is 157 Å². The van der Waals surface area contributed by atoms with E-state index in [1.54, 1.807) is 24.4 Å². The molecule has 2 atom stereocenters. The molecule has 7 heteroatoms. The largest absolute Gasteiger partial charge is 0.415 e. The predicted molar refractivity (Wildman–Crippen MR) is 97.3 cm³/mol. The molecule has 1 aliphatic rings. The number of halogens is 1. The zero-order valence-corrected chi connectivity index (χ0v) is 14.9. The normalized spacial score (nSPS) is 19.5. The lowest BCUT2D eigenvalue weighted by atomic mass is 9.81. The highest BCUT2D eigenvalue weighted by Crippen LogP contribution is 2.28. The molecule has 0 bridgehead atoms. The minimum absolute atomic E-state index is 0.0493. The molecule has 2 amide bonds. The number of benzene rings is 1. The fourth-order valence-corrected chi connectivity index (χ4v) is 3.45. The number of amides is 2. The summed E-state index contributed by atoms with van der Waals surface area (Å²) in [6, 6.07) is 9.76. The van der Waals surface area contributed by atoms with Gasteiger partial charge in [-0.05, 0) is 55.0 Å². The molecule has 1 aromatic heterocycles. The van der Waals surface area contributed by atoms with Crippen molar-refractivity contribution >= 4 is 12.0 Å². The van der Waals surface area contributed by atoms with Gasteiger partial charge in [0.15, 0.2) is 5.75 Å². The Morgan fingerprint density at radius 2 is 2.15 bits per heavy atom. The Balaban J connectivity index is 1.59. The second-order valence-corrected chi connectivity index (χ2v) is 6.73. The third-order valence-electron chi connectivity index (χ3n) is 4.91. The van der Waals surface area contributed by atoms with Crippen LogP contribution in [0.3, 0.4) is 0 Å². The van der Waals surface area contributed by atoms with E-state index in [1.165, 1.54) is 23.2 Å². The first kappa shape index (κ1) is 18.8. The van der Waals surface area contributed by atoms with Crippen LogP contribution in [-0.2, 0) is 11.2 Å². The van der Waals surface area contributed by atoms with Crippen LogP contribution in [0, 0.1) is 17.7 Å². The van der Waals surface area contributed by atoms with Crippen molar-refractivity contribution in [1.29, 1.82) is 0 Å². The number of hydrogen-bond acceptors (Lipinski definition) is 4. The number of likely N-dealkylation sites (tertiary alicyclic amines) is 1. The van der Waals surface area contributed by atoms with Crippen LogP contribution in [0.1, 0.15) is 18.4 Å². The van der Waals surface area contributed by atoms with E-state index in [0.29, 0.717) is 31.6 Å². The lowest BCUT2D eigenvalue weighted by Crippen LogP contribution is -2.49. The van der Waals surface area contributed by atoms with Gasteiger partial charge < -0.3 is 15.4 Å². The zero-order chi connectivity index (χ0) is 19.2. The number of carbonyl (C=O) groups is 2. The summed E-state index contributed by atoms with van der Waals surface area (Å²) in [6.45, 7) is 0.707. The van der Waals surface area contributed by atoms with Gasteiger partial charge in [-0.2, -0.15) is 0 Å². The predicted octanol–water partition coefficient (Wildman–Crippen LogP) is 2.78. The van der Waals surface area contributed by atoms with Gasteiger partial charge in [-0.25, -0.2) is 9.18 Å². The van der Waals surface area contributed by atoms with E-state index in [0.717, 1.165) is 5.56 Å². The van der Waals surface area contributed by atoms with E-state index >= 15 is 0 Å². The van der Waals surface area contributed by atoms with Gasteiger partial charge in [-0.3, -0.25) is 9.78 Å². The van der Waals surface area contributed by atoms with Gasteiger partial charge in [0, 0.05) is 19.3 Å². The third kappa shape index (κ3) is 5.03. The first-order valence-electron chi connectivity index (χ1n) is 8.93. The highest BCUT2D eigenvalue weighted by Gasteiger charge is 2.35. The Kier molecular flexibility index (Phi) is 6.01. The first-order chi connectivity index (χ1) is 13.0. The summed E-state index contributed by atoms with van der Waals surface area (Å²) in [6.07, 6.45) is 4.54. The van der Waals surface area contributed by atoms with E-state index in [1.807, 2.05) is 6.07 Å². The maximum absolute atomic E-state index is 13.3. The van der Waals surface area contributed by atoms with Gasteiger partial charge in [-0.15, -0.1) is 0 Å². The number of nitrogens with zero attached hydrogens (tertiary/aromatic N) is 2. The SMILES string of the molecule is NC(=O)C1CN(C(=O)Oc2cccnc2)CCC1CCc1cccc(F)c1. The fourth-order valence-electron chi connectivity index (χ4n) is 3.45. The third-order valence-corrected chi connectivity index (χ3v) is 4.91. The van der Waals surface area contributed by atoms with Crippen LogP contribution < -0.4 is 10.5 Å². The molecular weight excluding hydrogens is 349 g/mol. The van der Waals surface area contributed by atoms with E-state index in [4.69, 9.17) is 10.5 Å². The van der Waals surface area contributed by atoms with Crippen molar-refractivity contribution < 1.29 is 18.7 Å². The molecule has 2 unspecified atom stereocenters. The number of hydrogen-bond donors (Lipinski definition) is 1. The molecule has 6 nitrogen and oxygen atoms in total. The topological polar surface area (TPSA) is 85.5 Å². The van der Waals surface area contributed by atoms with E-state index < -0.39 is 17.9 Å². The van der Waals surface area contributed by atoms with Crippen LogP contribution in [0.25, 0.3) is 0 Å². The van der Waals surface area contributed by atoms with Crippen molar-refractivity contribution in [2.24, 2.45) is 17.6 Å². The number of rotatable bonds is 5. The lowest BCUT2D eigenvalue weighted by molar-refractivity contribution is -0.125. The number of carbonyl (C=O) groups excluding carboxylic acids is 2. The average Bonchev–Trinajstić information content (AvgIpc) is 2.67. The molecule has 0 spiro atoms. The minimum Gasteiger partial charge on any atom is -0.409 e. The van der Waals surface area contributed by atoms with Crippen LogP contribution in [0.4, 0.5) is 9.18 Å². The molecule has 1 aromatic carbocycles. The highest BCUT2D eigenvalue weighted by molar-refractivity contribution is 5.79. The average molecular weight is 371 g/mol. The summed E-state index contributed by atoms with van der Waals surface area (Å²) >= 11 is 0. The summed E-state index contributed by atoms with van der Waals surface area (Å²) in [7, 11) is 0. The Morgan fingerprint density at radius 3 is 2.85 bits per heavy atom. The number of primary amides is 1. The van der Waals surface area contributed by atoms with Crippen LogP contribution in [-0.4, -0.2) is 35.0 Å². The number of pyridine rings is 1. The molecule has 27 heavy (non-hydrogen) atoms. The van der Waals surface area contributed by atoms with Crippen LogP contribution in [0.15, 0.2) is 48.8 Å². The molecule has 0 saturated carbocycles. The minimum atomic E-state index is -0.516. The summed E-state index contributed by atoms with van der Waals surface area (Å²) in [5.41, 5.74) is 6.46. The zero-order valence-electron chi connectivity index (χ0n) is 14.9. The van der Waals surface area contributed by atoms with Gasteiger partial charge in [-0.1, -0.05) is 12.1 Å². The molecule has 2 aromatic rings. The van der Waals surface area contributed by atoms with E-state index in [9.17, 15) is 14.0 Å². The van der Waals surface area contributed by atoms with Crippen LogP contribution in [0.2, 0.25) is 0 Å². The molecular formula is C20H22FN3O3. The van der Waals surface area contributed by atoms with Crippen molar-refractivity contribution in [3.8, 4) is 5.75 Å². The maximum Gasteiger partial charge on any atom is 0.415 e. The van der Waals surface area contributed by atoms with E-state index in [-0.39, 0.29) is 18.3 Å². The number of piperidine rings is 1. The Hall–Kier alpha value is -2.96. The monoisotopic (exact) mass is 371 g/mol. The van der Waals surface area contributed by atoms with Gasteiger partial charge in [0.25, 0.3) is 0 Å². The summed E-state index contributed by atoms with van der Waals surface area (Å²) in [5, 5.41) is 0.